The molecule has 3 aromatic carbocycles. The Morgan fingerprint density at radius 3 is 2.22 bits per heavy atom. The molecule has 2 aliphatic rings. The van der Waals surface area contributed by atoms with Crippen molar-refractivity contribution in [1.82, 2.24) is 15.1 Å². The van der Waals surface area contributed by atoms with Crippen molar-refractivity contribution < 1.29 is 14.3 Å². The second-order valence-electron chi connectivity index (χ2n) is 8.90. The van der Waals surface area contributed by atoms with Crippen LogP contribution in [0.15, 0.2) is 89.9 Å². The van der Waals surface area contributed by atoms with Gasteiger partial charge in [-0.3, -0.25) is 19.8 Å². The molecule has 184 valence electrons. The lowest BCUT2D eigenvalue weighted by atomic mass is 10.1. The summed E-state index contributed by atoms with van der Waals surface area (Å²) in [7, 11) is 0. The minimum Gasteiger partial charge on any atom is -0.457 e. The molecular weight excluding hydrogens is 454 g/mol. The van der Waals surface area contributed by atoms with E-state index in [2.05, 4.69) is 49.7 Å². The number of amides is 2. The minimum atomic E-state index is -0.767. The number of nitrogens with one attached hydrogen (secondary N) is 2. The van der Waals surface area contributed by atoms with Crippen LogP contribution in [0.2, 0.25) is 0 Å². The van der Waals surface area contributed by atoms with Crippen LogP contribution < -0.4 is 15.4 Å². The fourth-order valence-corrected chi connectivity index (χ4v) is 4.30. The zero-order chi connectivity index (χ0) is 24.7. The first-order valence-corrected chi connectivity index (χ1v) is 12.1. The van der Waals surface area contributed by atoms with E-state index in [9.17, 15) is 9.59 Å². The lowest BCUT2D eigenvalue weighted by Gasteiger charge is -2.37. The van der Waals surface area contributed by atoms with Crippen LogP contribution in [-0.2, 0) is 16.1 Å². The van der Waals surface area contributed by atoms with E-state index in [1.807, 2.05) is 36.4 Å². The van der Waals surface area contributed by atoms with E-state index in [0.29, 0.717) is 17.4 Å². The van der Waals surface area contributed by atoms with Gasteiger partial charge in [-0.25, -0.2) is 4.99 Å². The quantitative estimate of drug-likeness (QED) is 0.561. The summed E-state index contributed by atoms with van der Waals surface area (Å²) in [4.78, 5) is 34.3. The summed E-state index contributed by atoms with van der Waals surface area (Å²) < 4.78 is 5.79. The molecule has 2 N–H and O–H groups in total. The van der Waals surface area contributed by atoms with Crippen LogP contribution >= 0.6 is 0 Å². The van der Waals surface area contributed by atoms with Crippen LogP contribution in [-0.4, -0.2) is 59.8 Å². The number of rotatable bonds is 6. The largest absolute Gasteiger partial charge is 0.457 e. The van der Waals surface area contributed by atoms with Crippen molar-refractivity contribution in [1.29, 1.82) is 0 Å². The van der Waals surface area contributed by atoms with Crippen molar-refractivity contribution in [2.24, 2.45) is 4.99 Å². The first kappa shape index (κ1) is 23.6. The van der Waals surface area contributed by atoms with E-state index >= 15 is 0 Å². The van der Waals surface area contributed by atoms with Crippen molar-refractivity contribution >= 4 is 23.5 Å². The molecule has 0 saturated carbocycles. The van der Waals surface area contributed by atoms with Crippen molar-refractivity contribution in [3.05, 3.63) is 90.5 Å². The number of carbonyl (C=O) groups is 2. The summed E-state index contributed by atoms with van der Waals surface area (Å²) in [6.45, 7) is 4.09. The molecule has 1 atom stereocenters. The highest BCUT2D eigenvalue weighted by Gasteiger charge is 2.30. The van der Waals surface area contributed by atoms with E-state index < -0.39 is 6.04 Å². The Labute approximate surface area is 210 Å². The average Bonchev–Trinajstić information content (AvgIpc) is 2.91. The zero-order valence-electron chi connectivity index (χ0n) is 20.0. The molecule has 0 unspecified atom stereocenters. The maximum atomic E-state index is 12.9. The summed E-state index contributed by atoms with van der Waals surface area (Å²) in [6.07, 6.45) is 0.0263. The van der Waals surface area contributed by atoms with E-state index in [4.69, 9.17) is 4.74 Å². The SMILES string of the molecule is O=C1C[C@H](C(=O)Nc2ccc(Oc3ccccc3)cc2)N=C(N2CCN(Cc3ccccc3)CC2)N1. The van der Waals surface area contributed by atoms with Crippen molar-refractivity contribution in [2.75, 3.05) is 31.5 Å². The number of anilines is 1. The molecule has 8 heteroatoms. The Balaban J connectivity index is 1.16. The normalized spacial score (nSPS) is 18.2. The molecule has 0 aromatic heterocycles. The maximum absolute atomic E-state index is 12.9. The van der Waals surface area contributed by atoms with Crippen molar-refractivity contribution in [2.45, 2.75) is 19.0 Å². The Morgan fingerprint density at radius 2 is 1.53 bits per heavy atom. The summed E-state index contributed by atoms with van der Waals surface area (Å²) in [6, 6.07) is 26.2. The number of nitrogens with zero attached hydrogens (tertiary/aromatic N) is 3. The number of benzene rings is 3. The molecule has 0 radical (unpaired) electrons. The molecule has 2 heterocycles. The smallest absolute Gasteiger partial charge is 0.249 e. The standard InChI is InChI=1S/C28H29N5O3/c34-26-19-25(27(35)29-22-11-13-24(14-12-22)36-23-9-5-2-6-10-23)30-28(31-26)33-17-15-32(16-18-33)20-21-7-3-1-4-8-21/h1-14,25H,15-20H2,(H,29,35)(H,30,31,34)/t25-/m1/s1. The number of guanidine groups is 1. The van der Waals surface area contributed by atoms with Gasteiger partial charge in [0.1, 0.15) is 17.5 Å². The van der Waals surface area contributed by atoms with Crippen LogP contribution in [0.3, 0.4) is 0 Å². The summed E-state index contributed by atoms with van der Waals surface area (Å²) in [5, 5.41) is 5.72. The molecule has 0 spiro atoms. The molecule has 0 aliphatic carbocycles. The van der Waals surface area contributed by atoms with Gasteiger partial charge in [0.15, 0.2) is 0 Å². The third kappa shape index (κ3) is 6.09. The molecule has 2 amide bonds. The van der Waals surface area contributed by atoms with Gasteiger partial charge in [0.25, 0.3) is 0 Å². The lowest BCUT2D eigenvalue weighted by molar-refractivity contribution is -0.125. The van der Waals surface area contributed by atoms with Gasteiger partial charge >= 0.3 is 0 Å². The number of aliphatic imine (C=N–C) groups is 1. The number of hydrogen-bond donors (Lipinski definition) is 2. The van der Waals surface area contributed by atoms with Crippen LogP contribution in [0.1, 0.15) is 12.0 Å². The Hall–Kier alpha value is -4.17. The van der Waals surface area contributed by atoms with E-state index in [1.165, 1.54) is 5.56 Å². The van der Waals surface area contributed by atoms with Gasteiger partial charge in [0, 0.05) is 38.4 Å². The Kier molecular flexibility index (Phi) is 7.23. The first-order chi connectivity index (χ1) is 17.6. The first-order valence-electron chi connectivity index (χ1n) is 12.1. The monoisotopic (exact) mass is 483 g/mol. The number of para-hydroxylation sites is 1. The highest BCUT2D eigenvalue weighted by atomic mass is 16.5. The van der Waals surface area contributed by atoms with Gasteiger partial charge in [0.2, 0.25) is 17.8 Å². The topological polar surface area (TPSA) is 86.3 Å². The molecule has 5 rings (SSSR count). The predicted octanol–water partition coefficient (Wildman–Crippen LogP) is 3.48. The number of carbonyl (C=O) groups excluding carboxylic acids is 2. The van der Waals surface area contributed by atoms with E-state index in [0.717, 1.165) is 38.5 Å². The molecule has 2 aliphatic heterocycles. The summed E-state index contributed by atoms with van der Waals surface area (Å²) >= 11 is 0. The van der Waals surface area contributed by atoms with Crippen LogP contribution in [0.4, 0.5) is 5.69 Å². The highest BCUT2D eigenvalue weighted by Crippen LogP contribution is 2.23. The van der Waals surface area contributed by atoms with Crippen molar-refractivity contribution in [3.63, 3.8) is 0 Å². The highest BCUT2D eigenvalue weighted by molar-refractivity contribution is 6.06. The van der Waals surface area contributed by atoms with Gasteiger partial charge in [-0.15, -0.1) is 0 Å². The molecular formula is C28H29N5O3. The second kappa shape index (κ2) is 11.0. The predicted molar refractivity (Wildman–Crippen MR) is 139 cm³/mol. The van der Waals surface area contributed by atoms with Crippen molar-refractivity contribution in [3.8, 4) is 11.5 Å². The Bertz CT molecular complexity index is 1210. The van der Waals surface area contributed by atoms with Gasteiger partial charge in [0.05, 0.1) is 6.42 Å². The minimum absolute atomic E-state index is 0.0263. The summed E-state index contributed by atoms with van der Waals surface area (Å²) in [5.41, 5.74) is 1.91. The van der Waals surface area contributed by atoms with Gasteiger partial charge in [-0.2, -0.15) is 0 Å². The van der Waals surface area contributed by atoms with E-state index in [-0.39, 0.29) is 18.2 Å². The Morgan fingerprint density at radius 1 is 0.889 bits per heavy atom. The lowest BCUT2D eigenvalue weighted by Crippen LogP contribution is -2.56. The molecule has 36 heavy (non-hydrogen) atoms. The fraction of sp³-hybridized carbons (Fsp3) is 0.250. The molecule has 1 saturated heterocycles. The number of hydrogen-bond acceptors (Lipinski definition) is 6. The maximum Gasteiger partial charge on any atom is 0.249 e. The van der Waals surface area contributed by atoms with Crippen LogP contribution in [0.25, 0.3) is 0 Å². The number of ether oxygens (including phenoxy) is 1. The molecule has 8 nitrogen and oxygen atoms in total. The molecule has 0 bridgehead atoms. The average molecular weight is 484 g/mol. The van der Waals surface area contributed by atoms with Gasteiger partial charge in [-0.05, 0) is 42.0 Å². The second-order valence-corrected chi connectivity index (χ2v) is 8.90. The van der Waals surface area contributed by atoms with Crippen LogP contribution in [0, 0.1) is 0 Å². The fourth-order valence-electron chi connectivity index (χ4n) is 4.30. The van der Waals surface area contributed by atoms with Crippen LogP contribution in [0.5, 0.6) is 11.5 Å². The molecule has 3 aromatic rings. The zero-order valence-corrected chi connectivity index (χ0v) is 20.0. The van der Waals surface area contributed by atoms with Gasteiger partial charge < -0.3 is 15.0 Å². The number of piperazine rings is 1. The van der Waals surface area contributed by atoms with Gasteiger partial charge in [-0.1, -0.05) is 48.5 Å². The summed E-state index contributed by atoms with van der Waals surface area (Å²) in [5.74, 6) is 1.39. The van der Waals surface area contributed by atoms with E-state index in [1.54, 1.807) is 24.3 Å². The molecule has 1 fully saturated rings. The third-order valence-corrected chi connectivity index (χ3v) is 6.23. The third-order valence-electron chi connectivity index (χ3n) is 6.23.